The fourth-order valence-electron chi connectivity index (χ4n) is 1.32. The average Bonchev–Trinajstić information content (AvgIpc) is 2.17. The van der Waals surface area contributed by atoms with Gasteiger partial charge in [-0.05, 0) is 31.5 Å². The largest absolute Gasteiger partial charge is 0.480 e. The molecule has 0 saturated heterocycles. The predicted molar refractivity (Wildman–Crippen MR) is 57.4 cm³/mol. The van der Waals surface area contributed by atoms with Crippen LogP contribution in [0.4, 0.5) is 0 Å². The smallest absolute Gasteiger partial charge is 0.317 e. The second kappa shape index (κ2) is 5.46. The summed E-state index contributed by atoms with van der Waals surface area (Å²) in [5, 5.41) is 8.76. The zero-order valence-electron chi connectivity index (χ0n) is 9.05. The zero-order valence-corrected chi connectivity index (χ0v) is 9.05. The summed E-state index contributed by atoms with van der Waals surface area (Å²) in [6.07, 6.45) is 3.43. The molecule has 0 amide bonds. The molecular weight excluding hydrogens is 192 g/mol. The van der Waals surface area contributed by atoms with E-state index in [-0.39, 0.29) is 12.6 Å². The fourth-order valence-corrected chi connectivity index (χ4v) is 1.32. The lowest BCUT2D eigenvalue weighted by Gasteiger charge is -2.24. The molecule has 1 aromatic rings. The molecule has 0 unspecified atom stereocenters. The molecule has 0 spiro atoms. The maximum Gasteiger partial charge on any atom is 0.317 e. The van der Waals surface area contributed by atoms with Crippen molar-refractivity contribution in [3.8, 4) is 0 Å². The highest BCUT2D eigenvalue weighted by Gasteiger charge is 2.13. The molecule has 4 nitrogen and oxygen atoms in total. The molecule has 0 radical (unpaired) electrons. The van der Waals surface area contributed by atoms with Gasteiger partial charge in [0.1, 0.15) is 0 Å². The Hall–Kier alpha value is -1.42. The van der Waals surface area contributed by atoms with Gasteiger partial charge in [-0.3, -0.25) is 14.7 Å². The Morgan fingerprint density at radius 1 is 1.47 bits per heavy atom. The summed E-state index contributed by atoms with van der Waals surface area (Å²) >= 11 is 0. The first-order valence-corrected chi connectivity index (χ1v) is 4.94. The van der Waals surface area contributed by atoms with Crippen molar-refractivity contribution in [3.05, 3.63) is 30.1 Å². The van der Waals surface area contributed by atoms with Crippen LogP contribution in [-0.4, -0.2) is 33.5 Å². The van der Waals surface area contributed by atoms with E-state index < -0.39 is 5.97 Å². The van der Waals surface area contributed by atoms with Gasteiger partial charge in [-0.15, -0.1) is 0 Å². The van der Waals surface area contributed by atoms with Gasteiger partial charge in [0.25, 0.3) is 0 Å². The summed E-state index contributed by atoms with van der Waals surface area (Å²) < 4.78 is 0. The van der Waals surface area contributed by atoms with Crippen molar-refractivity contribution in [1.82, 2.24) is 9.88 Å². The second-order valence-electron chi connectivity index (χ2n) is 3.75. The molecule has 1 heterocycles. The van der Waals surface area contributed by atoms with Crippen LogP contribution in [0.2, 0.25) is 0 Å². The van der Waals surface area contributed by atoms with Crippen molar-refractivity contribution in [2.45, 2.75) is 26.4 Å². The lowest BCUT2D eigenvalue weighted by Crippen LogP contribution is -2.35. The highest BCUT2D eigenvalue weighted by atomic mass is 16.4. The number of hydrogen-bond acceptors (Lipinski definition) is 3. The normalized spacial score (nSPS) is 10.9. The van der Waals surface area contributed by atoms with E-state index in [1.54, 1.807) is 12.4 Å². The van der Waals surface area contributed by atoms with Crippen molar-refractivity contribution < 1.29 is 9.90 Å². The molecule has 0 saturated carbocycles. The Bertz CT molecular complexity index is 312. The Kier molecular flexibility index (Phi) is 4.24. The monoisotopic (exact) mass is 208 g/mol. The fraction of sp³-hybridized carbons (Fsp3) is 0.455. The van der Waals surface area contributed by atoms with Crippen molar-refractivity contribution in [2.24, 2.45) is 0 Å². The second-order valence-corrected chi connectivity index (χ2v) is 3.75. The molecule has 0 aliphatic heterocycles. The molecule has 0 atom stereocenters. The first kappa shape index (κ1) is 11.7. The van der Waals surface area contributed by atoms with Gasteiger partial charge in [0.2, 0.25) is 0 Å². The quantitative estimate of drug-likeness (QED) is 0.794. The maximum atomic E-state index is 10.7. The van der Waals surface area contributed by atoms with E-state index in [4.69, 9.17) is 5.11 Å². The van der Waals surface area contributed by atoms with E-state index in [0.29, 0.717) is 6.54 Å². The molecule has 1 aromatic heterocycles. The van der Waals surface area contributed by atoms with Crippen molar-refractivity contribution in [1.29, 1.82) is 0 Å². The predicted octanol–water partition coefficient (Wildman–Crippen LogP) is 1.38. The first-order valence-electron chi connectivity index (χ1n) is 4.94. The van der Waals surface area contributed by atoms with E-state index >= 15 is 0 Å². The summed E-state index contributed by atoms with van der Waals surface area (Å²) in [5.74, 6) is -0.794. The topological polar surface area (TPSA) is 53.4 Å². The van der Waals surface area contributed by atoms with Crippen molar-refractivity contribution in [2.75, 3.05) is 6.54 Å². The number of carboxylic acids is 1. The highest BCUT2D eigenvalue weighted by Crippen LogP contribution is 2.06. The molecule has 15 heavy (non-hydrogen) atoms. The van der Waals surface area contributed by atoms with Crippen LogP contribution >= 0.6 is 0 Å². The van der Waals surface area contributed by atoms with Crippen LogP contribution in [0, 0.1) is 0 Å². The third-order valence-corrected chi connectivity index (χ3v) is 2.20. The highest BCUT2D eigenvalue weighted by molar-refractivity contribution is 5.69. The van der Waals surface area contributed by atoms with Gasteiger partial charge in [-0.1, -0.05) is 0 Å². The van der Waals surface area contributed by atoms with Crippen LogP contribution in [-0.2, 0) is 11.3 Å². The molecule has 1 N–H and O–H groups in total. The zero-order chi connectivity index (χ0) is 11.3. The summed E-state index contributed by atoms with van der Waals surface area (Å²) in [5.41, 5.74) is 1.08. The van der Waals surface area contributed by atoms with Crippen LogP contribution < -0.4 is 0 Å². The molecule has 82 valence electrons. The summed E-state index contributed by atoms with van der Waals surface area (Å²) in [6.45, 7) is 4.70. The van der Waals surface area contributed by atoms with Crippen molar-refractivity contribution in [3.63, 3.8) is 0 Å². The summed E-state index contributed by atoms with van der Waals surface area (Å²) in [7, 11) is 0. The Morgan fingerprint density at radius 2 is 2.07 bits per heavy atom. The summed E-state index contributed by atoms with van der Waals surface area (Å²) in [4.78, 5) is 16.5. The number of nitrogens with zero attached hydrogens (tertiary/aromatic N) is 2. The molecule has 0 fully saturated rings. The van der Waals surface area contributed by atoms with E-state index in [9.17, 15) is 4.79 Å². The molecule has 0 aromatic carbocycles. The minimum absolute atomic E-state index is 0.0694. The first-order chi connectivity index (χ1) is 7.09. The summed E-state index contributed by atoms with van der Waals surface area (Å²) in [6, 6.07) is 4.02. The van der Waals surface area contributed by atoms with Crippen molar-refractivity contribution >= 4 is 5.97 Å². The number of aliphatic carboxylic acids is 1. The SMILES string of the molecule is CC(C)N(CC(=O)O)Cc1ccncc1. The lowest BCUT2D eigenvalue weighted by atomic mass is 10.2. The Morgan fingerprint density at radius 3 is 2.53 bits per heavy atom. The van der Waals surface area contributed by atoms with E-state index in [1.165, 1.54) is 0 Å². The number of aromatic nitrogens is 1. The molecule has 4 heteroatoms. The third kappa shape index (κ3) is 4.08. The van der Waals surface area contributed by atoms with Crippen LogP contribution in [0.3, 0.4) is 0 Å². The van der Waals surface area contributed by atoms with Crippen LogP contribution in [0.15, 0.2) is 24.5 Å². The molecular formula is C11H16N2O2. The number of carboxylic acid groups (broad SMARTS) is 1. The van der Waals surface area contributed by atoms with Gasteiger partial charge in [0.05, 0.1) is 6.54 Å². The Labute approximate surface area is 89.6 Å². The van der Waals surface area contributed by atoms with Crippen LogP contribution in [0.1, 0.15) is 19.4 Å². The number of pyridine rings is 1. The van der Waals surface area contributed by atoms with Gasteiger partial charge >= 0.3 is 5.97 Å². The van der Waals surface area contributed by atoms with E-state index in [0.717, 1.165) is 5.56 Å². The lowest BCUT2D eigenvalue weighted by molar-refractivity contribution is -0.138. The van der Waals surface area contributed by atoms with Crippen LogP contribution in [0.5, 0.6) is 0 Å². The number of rotatable bonds is 5. The van der Waals surface area contributed by atoms with Gasteiger partial charge in [-0.25, -0.2) is 0 Å². The molecule has 0 bridgehead atoms. The molecule has 0 aliphatic rings. The van der Waals surface area contributed by atoms with Gasteiger partial charge in [-0.2, -0.15) is 0 Å². The number of hydrogen-bond donors (Lipinski definition) is 1. The molecule has 1 rings (SSSR count). The van der Waals surface area contributed by atoms with Gasteiger partial charge in [0, 0.05) is 25.0 Å². The Balaban J connectivity index is 2.63. The van der Waals surface area contributed by atoms with E-state index in [1.807, 2.05) is 30.9 Å². The van der Waals surface area contributed by atoms with E-state index in [2.05, 4.69) is 4.98 Å². The minimum atomic E-state index is -0.794. The standard InChI is InChI=1S/C11H16N2O2/c1-9(2)13(8-11(14)15)7-10-3-5-12-6-4-10/h3-6,9H,7-8H2,1-2H3,(H,14,15). The van der Waals surface area contributed by atoms with Gasteiger partial charge in [0.15, 0.2) is 0 Å². The molecule has 0 aliphatic carbocycles. The van der Waals surface area contributed by atoms with Gasteiger partial charge < -0.3 is 5.11 Å². The third-order valence-electron chi connectivity index (χ3n) is 2.20. The average molecular weight is 208 g/mol. The maximum absolute atomic E-state index is 10.7. The number of carbonyl (C=O) groups is 1. The van der Waals surface area contributed by atoms with Crippen LogP contribution in [0.25, 0.3) is 0 Å². The minimum Gasteiger partial charge on any atom is -0.480 e.